The molecule has 15 heteroatoms. The van der Waals surface area contributed by atoms with E-state index in [0.717, 1.165) is 66.1 Å². The van der Waals surface area contributed by atoms with Gasteiger partial charge in [-0.2, -0.15) is 39.5 Å². The molecule has 0 saturated heterocycles. The van der Waals surface area contributed by atoms with Gasteiger partial charge in [-0.1, -0.05) is 134 Å². The van der Waals surface area contributed by atoms with Crippen LogP contribution in [0.15, 0.2) is 109 Å². The Hall–Kier alpha value is -5.37. The van der Waals surface area contributed by atoms with E-state index in [9.17, 15) is 49.4 Å². The summed E-state index contributed by atoms with van der Waals surface area (Å²) in [5, 5.41) is 12.2. The van der Waals surface area contributed by atoms with Crippen LogP contribution in [0, 0.1) is 30.2 Å². The summed E-state index contributed by atoms with van der Waals surface area (Å²) in [5.41, 5.74) is -2.86. The minimum absolute atomic E-state index is 0. The maximum absolute atomic E-state index is 14.8. The molecule has 0 fully saturated rings. The molecule has 0 atom stereocenters. The van der Waals surface area contributed by atoms with E-state index in [1.54, 1.807) is 12.3 Å². The Labute approximate surface area is 444 Å². The van der Waals surface area contributed by atoms with Gasteiger partial charge in [-0.25, -0.2) is 4.98 Å². The van der Waals surface area contributed by atoms with Gasteiger partial charge in [-0.15, -0.1) is 40.5 Å². The van der Waals surface area contributed by atoms with Crippen LogP contribution < -0.4 is 0 Å². The largest absolute Gasteiger partial charge is 0.512 e. The summed E-state index contributed by atoms with van der Waals surface area (Å²) in [6, 6.07) is 25.8. The molecule has 0 amide bonds. The van der Waals surface area contributed by atoms with Crippen molar-refractivity contribution in [1.29, 1.82) is 0 Å². The van der Waals surface area contributed by atoms with Crippen molar-refractivity contribution in [2.45, 2.75) is 125 Å². The van der Waals surface area contributed by atoms with Gasteiger partial charge in [0.1, 0.15) is 5.01 Å². The molecule has 0 unspecified atom stereocenters. The molecule has 0 aliphatic heterocycles. The van der Waals surface area contributed by atoms with Crippen molar-refractivity contribution in [3.8, 4) is 44.1 Å². The zero-order chi connectivity index (χ0) is 54.0. The van der Waals surface area contributed by atoms with E-state index < -0.39 is 47.1 Å². The quantitative estimate of drug-likeness (QED) is 0.0541. The predicted molar refractivity (Wildman–Crippen MR) is 276 cm³/mol. The van der Waals surface area contributed by atoms with Crippen molar-refractivity contribution in [2.24, 2.45) is 17.3 Å². The number of aliphatic hydroxyl groups excluding tert-OH is 1. The van der Waals surface area contributed by atoms with Gasteiger partial charge in [-0.3, -0.25) is 9.78 Å². The average Bonchev–Trinajstić information content (AvgIpc) is 3.75. The first-order valence-electron chi connectivity index (χ1n) is 24.3. The number of hydrogen-bond acceptors (Lipinski definition) is 5. The molecule has 397 valence electrons. The van der Waals surface area contributed by atoms with Crippen LogP contribution in [-0.4, -0.2) is 27.0 Å². The van der Waals surface area contributed by atoms with Crippen LogP contribution >= 0.6 is 11.3 Å². The number of nitrogens with zero attached hydrogens (tertiary/aromatic N) is 2. The Morgan fingerprint density at radius 3 is 1.80 bits per heavy atom. The second-order valence-electron chi connectivity index (χ2n) is 20.1. The topological polar surface area (TPSA) is 63.1 Å². The van der Waals surface area contributed by atoms with Crippen molar-refractivity contribution in [3.63, 3.8) is 0 Å². The van der Waals surface area contributed by atoms with E-state index in [1.807, 2.05) is 45.9 Å². The predicted octanol–water partition coefficient (Wildman–Crippen LogP) is 19.0. The number of thiazole rings is 1. The SMILES string of the molecule is CCC(CC)C(=O)/C=C(\O)C(CC)CC.Cc1cc(CC(C)(C)C(F)(F)F)ccc1-c1cc(C(F)(F)F)c(-c2ccc(-c3nc4ccnc(-c5[c-]c6ccccc6c(C(C)(C)C)c5)c4s3)cc2)c(C(F)(F)F)c1.[Ir]. The number of carbonyl (C=O) groups is 1. The van der Waals surface area contributed by atoms with Crippen LogP contribution in [-0.2, 0) is 49.1 Å². The number of benzene rings is 5. The molecule has 7 rings (SSSR count). The summed E-state index contributed by atoms with van der Waals surface area (Å²) in [4.78, 5) is 21.2. The van der Waals surface area contributed by atoms with Gasteiger partial charge < -0.3 is 5.11 Å². The van der Waals surface area contributed by atoms with Gasteiger partial charge in [0.15, 0.2) is 5.78 Å². The Bertz CT molecular complexity index is 3080. The molecular weight excluding hydrogens is 1160 g/mol. The van der Waals surface area contributed by atoms with E-state index in [-0.39, 0.29) is 76.7 Å². The number of aryl methyl sites for hydroxylation is 1. The van der Waals surface area contributed by atoms with E-state index >= 15 is 0 Å². The van der Waals surface area contributed by atoms with Crippen LogP contribution in [0.3, 0.4) is 0 Å². The van der Waals surface area contributed by atoms with Crippen molar-refractivity contribution < 1.29 is 69.5 Å². The Kier molecular flexibility index (Phi) is 18.7. The smallest absolute Gasteiger partial charge is 0.417 e. The van der Waals surface area contributed by atoms with E-state index in [4.69, 9.17) is 4.98 Å². The summed E-state index contributed by atoms with van der Waals surface area (Å²) in [6.07, 6.45) is -8.81. The van der Waals surface area contributed by atoms with Gasteiger partial charge in [0.25, 0.3) is 0 Å². The number of halogens is 9. The van der Waals surface area contributed by atoms with Crippen LogP contribution in [0.1, 0.15) is 116 Å². The number of carbonyl (C=O) groups excluding carboxylic acids is 1. The molecule has 7 aromatic rings. The van der Waals surface area contributed by atoms with Crippen molar-refractivity contribution >= 4 is 38.1 Å². The first-order chi connectivity index (χ1) is 34.0. The standard InChI is InChI=1S/C46H36F9N2S.C13H24O2.Ir/c1-25-19-26(24-43(5,6)46(53,54)55)11-16-32(25)30-21-35(44(47,48)49)38(36(22-30)45(50,51)52)27-12-14-28(15-13-27)41-57-37-17-18-56-39(40(37)58-41)31-20-29-9-7-8-10-33(29)34(23-31)42(2,3)4;1-5-10(6-2)12(14)9-13(15)11(7-3)8-4;/h7-19,21-23H,24H2,1-6H3;9-11,14H,5-8H2,1-4H3;/q-1;;/b;12-9-;. The average molecular weight is 1220 g/mol. The van der Waals surface area contributed by atoms with Gasteiger partial charge >= 0.3 is 18.5 Å². The summed E-state index contributed by atoms with van der Waals surface area (Å²) in [5.74, 6) is 0.547. The second kappa shape index (κ2) is 23.3. The van der Waals surface area contributed by atoms with Crippen LogP contribution in [0.2, 0.25) is 0 Å². The molecular formula is C59H60F9IrN2O2S-. The number of allylic oxidation sites excluding steroid dienone is 2. The van der Waals surface area contributed by atoms with E-state index in [2.05, 4.69) is 44.0 Å². The second-order valence-corrected chi connectivity index (χ2v) is 21.1. The minimum Gasteiger partial charge on any atom is -0.512 e. The van der Waals surface area contributed by atoms with Crippen molar-refractivity contribution in [3.05, 3.63) is 143 Å². The summed E-state index contributed by atoms with van der Waals surface area (Å²) in [6.45, 7) is 17.9. The monoisotopic (exact) mass is 1220 g/mol. The van der Waals surface area contributed by atoms with Crippen molar-refractivity contribution in [2.75, 3.05) is 0 Å². The summed E-state index contributed by atoms with van der Waals surface area (Å²) >= 11 is 1.30. The van der Waals surface area contributed by atoms with Crippen LogP contribution in [0.5, 0.6) is 0 Å². The van der Waals surface area contributed by atoms with E-state index in [0.29, 0.717) is 33.9 Å². The fraction of sp³-hybridized carbons (Fsp3) is 0.373. The zero-order valence-electron chi connectivity index (χ0n) is 42.9. The number of alkyl halides is 9. The number of fused-ring (bicyclic) bond motifs is 2. The third-order valence-corrected chi connectivity index (χ3v) is 14.5. The summed E-state index contributed by atoms with van der Waals surface area (Å²) in [7, 11) is 0. The molecule has 0 spiro atoms. The maximum atomic E-state index is 14.8. The number of aliphatic hydroxyl groups is 1. The molecule has 0 saturated carbocycles. The van der Waals surface area contributed by atoms with Gasteiger partial charge in [0.2, 0.25) is 0 Å². The van der Waals surface area contributed by atoms with Gasteiger partial charge in [0, 0.05) is 65.7 Å². The Balaban J connectivity index is 0.000000551. The van der Waals surface area contributed by atoms with Crippen molar-refractivity contribution in [1.82, 2.24) is 9.97 Å². The molecule has 2 heterocycles. The molecule has 0 aliphatic carbocycles. The minimum atomic E-state index is -5.20. The third-order valence-electron chi connectivity index (χ3n) is 13.4. The van der Waals surface area contributed by atoms with Gasteiger partial charge in [0.05, 0.1) is 27.8 Å². The number of rotatable bonds is 13. The van der Waals surface area contributed by atoms with Gasteiger partial charge in [-0.05, 0) is 90.5 Å². The van der Waals surface area contributed by atoms with Crippen LogP contribution in [0.4, 0.5) is 39.5 Å². The maximum Gasteiger partial charge on any atom is 0.417 e. The van der Waals surface area contributed by atoms with E-state index in [1.165, 1.54) is 66.8 Å². The number of ketones is 1. The number of hydrogen-bond donors (Lipinski definition) is 1. The molecule has 5 aromatic carbocycles. The number of aromatic nitrogens is 2. The molecule has 0 aliphatic rings. The Morgan fingerprint density at radius 2 is 1.27 bits per heavy atom. The first kappa shape index (κ1) is 59.5. The third kappa shape index (κ3) is 13.3. The zero-order valence-corrected chi connectivity index (χ0v) is 46.1. The summed E-state index contributed by atoms with van der Waals surface area (Å²) < 4.78 is 130. The number of pyridine rings is 1. The fourth-order valence-corrected chi connectivity index (χ4v) is 10.1. The molecule has 2 aromatic heterocycles. The molecule has 1 radical (unpaired) electrons. The fourth-order valence-electron chi connectivity index (χ4n) is 9.03. The molecule has 4 nitrogen and oxygen atoms in total. The molecule has 1 N–H and O–H groups in total. The first-order valence-corrected chi connectivity index (χ1v) is 25.1. The normalized spacial score (nSPS) is 12.9. The Morgan fingerprint density at radius 1 is 0.703 bits per heavy atom. The molecule has 74 heavy (non-hydrogen) atoms. The molecule has 0 bridgehead atoms. The van der Waals surface area contributed by atoms with Crippen LogP contribution in [0.25, 0.3) is 65.1 Å².